The minimum absolute atomic E-state index is 0.0247. The fourth-order valence-electron chi connectivity index (χ4n) is 5.12. The maximum atomic E-state index is 13.4. The Morgan fingerprint density at radius 2 is 1.89 bits per heavy atom. The molecule has 3 amide bonds. The molecular formula is C27H28FN4O6+. The molecule has 4 aliphatic rings. The van der Waals surface area contributed by atoms with Crippen LogP contribution in [0.2, 0.25) is 0 Å². The van der Waals surface area contributed by atoms with Gasteiger partial charge in [0.1, 0.15) is 5.82 Å². The number of hydrogen-bond donors (Lipinski definition) is 4. The second kappa shape index (κ2) is 9.97. The predicted molar refractivity (Wildman–Crippen MR) is 134 cm³/mol. The van der Waals surface area contributed by atoms with Crippen molar-refractivity contribution in [3.05, 3.63) is 70.7 Å². The van der Waals surface area contributed by atoms with Crippen molar-refractivity contribution in [3.8, 4) is 0 Å². The van der Waals surface area contributed by atoms with Crippen LogP contribution < -0.4 is 10.6 Å². The van der Waals surface area contributed by atoms with Crippen molar-refractivity contribution >= 4 is 29.1 Å². The molecule has 1 aromatic carbocycles. The lowest BCUT2D eigenvalue weighted by Crippen LogP contribution is -2.52. The van der Waals surface area contributed by atoms with E-state index in [4.69, 9.17) is 4.74 Å². The normalized spacial score (nSPS) is 22.0. The highest BCUT2D eigenvalue weighted by Gasteiger charge is 2.52. The van der Waals surface area contributed by atoms with Gasteiger partial charge in [-0.15, -0.1) is 4.58 Å². The number of carbonyl (C=O) groups excluding carboxylic acids is 3. The number of hydrogen-bond acceptors (Lipinski definition) is 7. The minimum Gasteiger partial charge on any atom is -0.504 e. The molecule has 3 aliphatic heterocycles. The van der Waals surface area contributed by atoms with E-state index in [0.717, 1.165) is 29.4 Å². The van der Waals surface area contributed by atoms with Gasteiger partial charge in [0.25, 0.3) is 23.3 Å². The van der Waals surface area contributed by atoms with Crippen molar-refractivity contribution < 1.29 is 38.3 Å². The molecule has 0 radical (unpaired) electrons. The molecule has 10 nitrogen and oxygen atoms in total. The lowest BCUT2D eigenvalue weighted by atomic mass is 9.85. The molecule has 38 heavy (non-hydrogen) atoms. The van der Waals surface area contributed by atoms with Gasteiger partial charge in [-0.25, -0.2) is 14.2 Å². The summed E-state index contributed by atoms with van der Waals surface area (Å²) < 4.78 is 20.6. The largest absolute Gasteiger partial charge is 0.504 e. The molecule has 4 N–H and O–H groups in total. The van der Waals surface area contributed by atoms with Crippen LogP contribution in [0.25, 0.3) is 0 Å². The zero-order chi connectivity index (χ0) is 27.0. The second-order valence-corrected chi connectivity index (χ2v) is 9.81. The zero-order valence-corrected chi connectivity index (χ0v) is 20.8. The van der Waals surface area contributed by atoms with E-state index in [2.05, 4.69) is 15.6 Å². The first-order valence-corrected chi connectivity index (χ1v) is 12.5. The van der Waals surface area contributed by atoms with E-state index >= 15 is 0 Å². The molecule has 1 unspecified atom stereocenters. The van der Waals surface area contributed by atoms with Gasteiger partial charge in [-0.1, -0.05) is 31.4 Å². The first-order chi connectivity index (χ1) is 18.2. The highest BCUT2D eigenvalue weighted by molar-refractivity contribution is 6.52. The van der Waals surface area contributed by atoms with Crippen molar-refractivity contribution in [2.24, 2.45) is 4.99 Å². The van der Waals surface area contributed by atoms with Crippen LogP contribution in [0.3, 0.4) is 0 Å². The number of nitrogens with zero attached hydrogens (tertiary/aromatic N) is 2. The Balaban J connectivity index is 1.51. The van der Waals surface area contributed by atoms with E-state index in [9.17, 15) is 29.0 Å². The maximum Gasteiger partial charge on any atom is 0.434 e. The van der Waals surface area contributed by atoms with Gasteiger partial charge in [0, 0.05) is 25.4 Å². The molecule has 0 spiro atoms. The molecular weight excluding hydrogens is 495 g/mol. The Kier molecular flexibility index (Phi) is 6.70. The summed E-state index contributed by atoms with van der Waals surface area (Å²) in [5.74, 6) is -3.47. The molecule has 1 aromatic rings. The summed E-state index contributed by atoms with van der Waals surface area (Å²) in [6.07, 6.45) is 5.79. The van der Waals surface area contributed by atoms with Gasteiger partial charge in [-0.3, -0.25) is 9.59 Å². The third-order valence-electron chi connectivity index (χ3n) is 7.19. The van der Waals surface area contributed by atoms with Crippen LogP contribution in [0.4, 0.5) is 4.39 Å². The van der Waals surface area contributed by atoms with Crippen LogP contribution in [0.15, 0.2) is 64.3 Å². The van der Waals surface area contributed by atoms with E-state index in [0.29, 0.717) is 18.4 Å². The van der Waals surface area contributed by atoms with Crippen molar-refractivity contribution in [2.75, 3.05) is 13.6 Å². The van der Waals surface area contributed by atoms with E-state index in [1.54, 1.807) is 12.1 Å². The summed E-state index contributed by atoms with van der Waals surface area (Å²) in [6.45, 7) is 0.0247. The molecule has 1 saturated carbocycles. The Hall–Kier alpha value is -4.12. The van der Waals surface area contributed by atoms with Crippen LogP contribution in [-0.4, -0.2) is 69.2 Å². The number of likely N-dealkylation sites (N-methyl/N-ethyl adjacent to an activating group) is 1. The molecule has 198 valence electrons. The topological polar surface area (TPSA) is 140 Å². The van der Waals surface area contributed by atoms with E-state index in [1.165, 1.54) is 31.6 Å². The van der Waals surface area contributed by atoms with E-state index in [-0.39, 0.29) is 30.1 Å². The van der Waals surface area contributed by atoms with Gasteiger partial charge in [0.15, 0.2) is 17.0 Å². The van der Waals surface area contributed by atoms with Gasteiger partial charge in [0.05, 0.1) is 5.60 Å². The fraction of sp³-hybridized carbons (Fsp3) is 0.370. The average molecular weight is 524 g/mol. The monoisotopic (exact) mass is 523 g/mol. The van der Waals surface area contributed by atoms with Crippen molar-refractivity contribution in [2.45, 2.75) is 50.2 Å². The quantitative estimate of drug-likeness (QED) is 0.328. The van der Waals surface area contributed by atoms with E-state index in [1.807, 2.05) is 0 Å². The molecule has 1 fully saturated rings. The molecule has 0 bridgehead atoms. The van der Waals surface area contributed by atoms with Crippen molar-refractivity contribution in [3.63, 3.8) is 0 Å². The van der Waals surface area contributed by atoms with Gasteiger partial charge >= 0.3 is 5.91 Å². The van der Waals surface area contributed by atoms with Gasteiger partial charge < -0.3 is 25.6 Å². The minimum atomic E-state index is -1.01. The first kappa shape index (κ1) is 25.5. The Labute approximate surface area is 217 Å². The third-order valence-corrected chi connectivity index (χ3v) is 7.19. The van der Waals surface area contributed by atoms with Crippen molar-refractivity contribution in [1.29, 1.82) is 0 Å². The number of allylic oxidation sites excluding steroid dienone is 1. The number of halogens is 1. The third kappa shape index (κ3) is 4.65. The van der Waals surface area contributed by atoms with Crippen LogP contribution >= 0.6 is 0 Å². The molecule has 1 aliphatic carbocycles. The number of benzene rings is 1. The SMILES string of the molecule is CNC(=O)C1=C(O)C2=NC=C(Cc3ccc(F)cc3)C3OC(C(=O)NCC4(O)CCCCC4)=C[N+](=C23)C1=O. The number of amides is 3. The summed E-state index contributed by atoms with van der Waals surface area (Å²) in [6, 6.07) is 5.83. The van der Waals surface area contributed by atoms with Crippen molar-refractivity contribution in [1.82, 2.24) is 10.6 Å². The van der Waals surface area contributed by atoms with Gasteiger partial charge in [-0.05, 0) is 37.0 Å². The Morgan fingerprint density at radius 1 is 1.18 bits per heavy atom. The molecule has 0 aromatic heterocycles. The highest BCUT2D eigenvalue weighted by Crippen LogP contribution is 2.31. The Bertz CT molecular complexity index is 1370. The average Bonchev–Trinajstić information content (AvgIpc) is 2.92. The summed E-state index contributed by atoms with van der Waals surface area (Å²) in [4.78, 5) is 43.3. The van der Waals surface area contributed by atoms with E-state index < -0.39 is 46.6 Å². The highest BCUT2D eigenvalue weighted by atomic mass is 19.1. The number of nitrogens with one attached hydrogen (secondary N) is 2. The van der Waals surface area contributed by atoms with Gasteiger partial charge in [0.2, 0.25) is 12.3 Å². The molecule has 11 heteroatoms. The number of ether oxygens (including phenoxy) is 1. The Morgan fingerprint density at radius 3 is 2.58 bits per heavy atom. The zero-order valence-electron chi connectivity index (χ0n) is 20.8. The summed E-state index contributed by atoms with van der Waals surface area (Å²) in [5, 5.41) is 26.6. The fourth-order valence-corrected chi connectivity index (χ4v) is 5.12. The van der Waals surface area contributed by atoms with Crippen LogP contribution in [0, 0.1) is 5.82 Å². The second-order valence-electron chi connectivity index (χ2n) is 9.81. The number of aliphatic imine (C=N–C) groups is 1. The molecule has 0 saturated heterocycles. The summed E-state index contributed by atoms with van der Waals surface area (Å²) in [5.41, 5.74) is -0.0987. The van der Waals surface area contributed by atoms with Gasteiger partial charge in [-0.2, -0.15) is 0 Å². The standard InChI is InChI=1S/C27H27FN4O6/c1-29-25(35)19-22(33)20-21-23(16(12-30-20)11-15-5-7-17(28)8-6-15)38-18(13-32(21)26(19)36)24(34)31-14-27(37)9-3-2-4-10-27/h5-8,12-13,23,37H,2-4,9-11,14H2,1H3,(H2-,29,31,33,34,35,36)/p+1. The first-order valence-electron chi connectivity index (χ1n) is 12.5. The number of aliphatic hydroxyl groups is 2. The maximum absolute atomic E-state index is 13.4. The lowest BCUT2D eigenvalue weighted by Gasteiger charge is -2.33. The summed E-state index contributed by atoms with van der Waals surface area (Å²) in [7, 11) is 1.32. The smallest absolute Gasteiger partial charge is 0.434 e. The molecule has 3 heterocycles. The molecule has 5 rings (SSSR count). The summed E-state index contributed by atoms with van der Waals surface area (Å²) >= 11 is 0. The lowest BCUT2D eigenvalue weighted by molar-refractivity contribution is -0.385. The number of aliphatic hydroxyl groups excluding tert-OH is 1. The predicted octanol–water partition coefficient (Wildman–Crippen LogP) is 1.31. The van der Waals surface area contributed by atoms with Crippen LogP contribution in [0.1, 0.15) is 37.7 Å². The van der Waals surface area contributed by atoms with Crippen LogP contribution in [-0.2, 0) is 25.5 Å². The van der Waals surface area contributed by atoms with Crippen LogP contribution in [0.5, 0.6) is 0 Å². The number of rotatable bonds is 6. The molecule has 1 atom stereocenters. The number of carbonyl (C=O) groups is 3.